The highest BCUT2D eigenvalue weighted by Crippen LogP contribution is 2.63. The van der Waals surface area contributed by atoms with Crippen molar-refractivity contribution in [1.82, 2.24) is 34.9 Å². The van der Waals surface area contributed by atoms with E-state index < -0.39 is 12.4 Å². The molecule has 13 heteroatoms. The highest BCUT2D eigenvalue weighted by molar-refractivity contribution is 7.09. The molecule has 0 amide bonds. The molecule has 1 aliphatic carbocycles. The molecule has 1 saturated carbocycles. The molecule has 1 aliphatic heterocycles. The maximum absolute atomic E-state index is 15.2. The summed E-state index contributed by atoms with van der Waals surface area (Å²) in [5, 5.41) is 14.0. The molecule has 9 nitrogen and oxygen atoms in total. The van der Waals surface area contributed by atoms with Gasteiger partial charge in [-0.2, -0.15) is 19.0 Å². The van der Waals surface area contributed by atoms with E-state index in [1.54, 1.807) is 17.5 Å². The van der Waals surface area contributed by atoms with Gasteiger partial charge in [0.1, 0.15) is 22.2 Å². The van der Waals surface area contributed by atoms with Crippen molar-refractivity contribution < 1.29 is 13.2 Å². The number of hydrogen-bond acceptors (Lipinski definition) is 8. The second-order valence-corrected chi connectivity index (χ2v) is 10.3. The predicted octanol–water partition coefficient (Wildman–Crippen LogP) is 3.63. The minimum Gasteiger partial charge on any atom is -0.355 e. The number of nitrogens with one attached hydrogen (secondary N) is 1. The van der Waals surface area contributed by atoms with Crippen LogP contribution in [0.15, 0.2) is 29.9 Å². The van der Waals surface area contributed by atoms with Gasteiger partial charge in [-0.15, -0.1) is 11.3 Å². The summed E-state index contributed by atoms with van der Waals surface area (Å²) in [6.07, 6.45) is 2.66. The SMILES string of the molecule is Cc1csc(C2(CN)[C@@H]3CN(c4cnc5c(-c6ccc7nn(C(F)F)cc7c6F)[nH]nc5n4)C[C@@H]32)n1. The summed E-state index contributed by atoms with van der Waals surface area (Å²) in [6, 6.07) is 2.97. The maximum Gasteiger partial charge on any atom is 0.333 e. The molecule has 5 heterocycles. The Kier molecular flexibility index (Phi) is 4.49. The number of halogens is 3. The van der Waals surface area contributed by atoms with Crippen molar-refractivity contribution in [1.29, 1.82) is 0 Å². The Morgan fingerprint density at radius 2 is 2.06 bits per heavy atom. The van der Waals surface area contributed by atoms with Crippen molar-refractivity contribution in [3.8, 4) is 11.3 Å². The molecule has 2 aliphatic rings. The van der Waals surface area contributed by atoms with Crippen LogP contribution in [0.5, 0.6) is 0 Å². The molecular weight excluding hydrogens is 491 g/mol. The lowest BCUT2D eigenvalue weighted by Crippen LogP contribution is -2.35. The number of nitrogens with zero attached hydrogens (tertiary/aromatic N) is 7. The van der Waals surface area contributed by atoms with Crippen molar-refractivity contribution in [2.75, 3.05) is 24.5 Å². The number of H-pyrrole nitrogens is 1. The Morgan fingerprint density at radius 3 is 2.75 bits per heavy atom. The van der Waals surface area contributed by atoms with Crippen LogP contribution in [0.1, 0.15) is 17.3 Å². The molecule has 3 atom stereocenters. The van der Waals surface area contributed by atoms with Gasteiger partial charge in [0.2, 0.25) is 5.65 Å². The fourth-order valence-corrected chi connectivity index (χ4v) is 6.83. The number of benzene rings is 1. The van der Waals surface area contributed by atoms with Crippen LogP contribution in [0.3, 0.4) is 0 Å². The summed E-state index contributed by atoms with van der Waals surface area (Å²) < 4.78 is 41.7. The zero-order valence-corrected chi connectivity index (χ0v) is 19.8. The van der Waals surface area contributed by atoms with Gasteiger partial charge in [0.25, 0.3) is 0 Å². The molecule has 1 aromatic carbocycles. The number of hydrogen-bond donors (Lipinski definition) is 2. The van der Waals surface area contributed by atoms with Gasteiger partial charge < -0.3 is 10.6 Å². The molecule has 0 bridgehead atoms. The van der Waals surface area contributed by atoms with Crippen LogP contribution in [-0.2, 0) is 5.41 Å². The Labute approximate surface area is 206 Å². The summed E-state index contributed by atoms with van der Waals surface area (Å²) in [6.45, 7) is 1.32. The van der Waals surface area contributed by atoms with Gasteiger partial charge in [-0.25, -0.2) is 24.0 Å². The van der Waals surface area contributed by atoms with E-state index in [2.05, 4.69) is 35.5 Å². The minimum absolute atomic E-state index is 0.00441. The van der Waals surface area contributed by atoms with Crippen LogP contribution >= 0.6 is 11.3 Å². The van der Waals surface area contributed by atoms with E-state index in [1.807, 2.05) is 6.92 Å². The summed E-state index contributed by atoms with van der Waals surface area (Å²) in [5.41, 5.74) is 8.57. The number of rotatable bonds is 5. The van der Waals surface area contributed by atoms with Gasteiger partial charge in [0.05, 0.1) is 22.8 Å². The molecule has 1 saturated heterocycles. The topological polar surface area (TPSA) is 114 Å². The molecule has 2 fully saturated rings. The number of nitrogens with two attached hydrogens (primary N) is 1. The number of aromatic amines is 1. The van der Waals surface area contributed by atoms with Gasteiger partial charge in [-0.1, -0.05) is 0 Å². The normalized spacial score (nSPS) is 23.3. The fourth-order valence-electron chi connectivity index (χ4n) is 5.69. The molecule has 5 aromatic rings. The highest BCUT2D eigenvalue weighted by Gasteiger charge is 2.69. The van der Waals surface area contributed by atoms with Crippen LogP contribution in [0.25, 0.3) is 33.3 Å². The van der Waals surface area contributed by atoms with Crippen molar-refractivity contribution in [3.05, 3.63) is 46.4 Å². The molecule has 36 heavy (non-hydrogen) atoms. The third kappa shape index (κ3) is 2.89. The van der Waals surface area contributed by atoms with E-state index in [0.29, 0.717) is 45.7 Å². The van der Waals surface area contributed by atoms with Crippen molar-refractivity contribution >= 4 is 39.2 Å². The monoisotopic (exact) mass is 511 g/mol. The van der Waals surface area contributed by atoms with Gasteiger partial charge in [0.15, 0.2) is 0 Å². The highest BCUT2D eigenvalue weighted by atomic mass is 32.1. The molecule has 7 rings (SSSR count). The average Bonchev–Trinajstić information content (AvgIpc) is 3.49. The van der Waals surface area contributed by atoms with Crippen molar-refractivity contribution in [3.63, 3.8) is 0 Å². The molecule has 4 aromatic heterocycles. The standard InChI is InChI=1S/C23H20F3N9S/c1-10-8-36-21(29-10)23(9-27)13-6-34(7-14(13)23)16-4-28-19-18(31-32-20(19)30-16)11-2-3-15-12(17(11)24)5-35(33-15)22(25)26/h2-5,8,13-14,22H,6-7,9,27H2,1H3,(H,30,31,32)/t13-,14+,23?. The first-order valence-corrected chi connectivity index (χ1v) is 12.3. The van der Waals surface area contributed by atoms with E-state index in [4.69, 9.17) is 10.7 Å². The lowest BCUT2D eigenvalue weighted by molar-refractivity contribution is 0.0573. The zero-order chi connectivity index (χ0) is 24.8. The third-order valence-corrected chi connectivity index (χ3v) is 8.73. The summed E-state index contributed by atoms with van der Waals surface area (Å²) in [5.74, 6) is 0.847. The lowest BCUT2D eigenvalue weighted by atomic mass is 10.0. The molecule has 3 N–H and O–H groups in total. The first kappa shape index (κ1) is 21.7. The Bertz CT molecular complexity index is 1630. The van der Waals surface area contributed by atoms with Crippen LogP contribution in [0, 0.1) is 24.6 Å². The zero-order valence-electron chi connectivity index (χ0n) is 19.0. The molecule has 0 radical (unpaired) electrons. The summed E-state index contributed by atoms with van der Waals surface area (Å²) >= 11 is 1.68. The Hall–Kier alpha value is -3.58. The first-order chi connectivity index (χ1) is 17.4. The average molecular weight is 512 g/mol. The second-order valence-electron chi connectivity index (χ2n) is 9.40. The number of aromatic nitrogens is 7. The van der Waals surface area contributed by atoms with Crippen LogP contribution < -0.4 is 10.6 Å². The fraction of sp³-hybridized carbons (Fsp3) is 0.348. The Morgan fingerprint density at radius 1 is 1.25 bits per heavy atom. The van der Waals surface area contributed by atoms with Crippen LogP contribution in [-0.4, -0.2) is 54.6 Å². The summed E-state index contributed by atoms with van der Waals surface area (Å²) in [4.78, 5) is 16.1. The molecule has 0 spiro atoms. The number of fused-ring (bicyclic) bond motifs is 3. The van der Waals surface area contributed by atoms with Crippen molar-refractivity contribution in [2.24, 2.45) is 17.6 Å². The number of aryl methyl sites for hydroxylation is 1. The van der Waals surface area contributed by atoms with Crippen LogP contribution in [0.4, 0.5) is 19.0 Å². The van der Waals surface area contributed by atoms with Crippen LogP contribution in [0.2, 0.25) is 0 Å². The van der Waals surface area contributed by atoms with Gasteiger partial charge in [-0.3, -0.25) is 5.10 Å². The van der Waals surface area contributed by atoms with E-state index in [-0.39, 0.29) is 21.9 Å². The molecule has 184 valence electrons. The first-order valence-electron chi connectivity index (χ1n) is 11.5. The van der Waals surface area contributed by atoms with E-state index in [0.717, 1.165) is 30.0 Å². The molecular formula is C23H20F3N9S. The number of alkyl halides is 2. The van der Waals surface area contributed by atoms with Gasteiger partial charge in [-0.05, 0) is 30.9 Å². The largest absolute Gasteiger partial charge is 0.355 e. The van der Waals surface area contributed by atoms with Crippen molar-refractivity contribution in [2.45, 2.75) is 18.9 Å². The second kappa shape index (κ2) is 7.46. The lowest BCUT2D eigenvalue weighted by Gasteiger charge is -2.25. The quantitative estimate of drug-likeness (QED) is 0.370. The predicted molar refractivity (Wildman–Crippen MR) is 128 cm³/mol. The van der Waals surface area contributed by atoms with E-state index >= 15 is 4.39 Å². The Balaban J connectivity index is 1.18. The van der Waals surface area contributed by atoms with Gasteiger partial charge in [0, 0.05) is 47.9 Å². The van der Waals surface area contributed by atoms with Gasteiger partial charge >= 0.3 is 6.55 Å². The minimum atomic E-state index is -2.85. The van der Waals surface area contributed by atoms with E-state index in [9.17, 15) is 8.78 Å². The number of thiazole rings is 1. The number of piperidine rings is 1. The summed E-state index contributed by atoms with van der Waals surface area (Å²) in [7, 11) is 0. The number of anilines is 1. The molecule has 1 unspecified atom stereocenters. The maximum atomic E-state index is 15.2. The van der Waals surface area contributed by atoms with E-state index in [1.165, 1.54) is 12.1 Å². The smallest absolute Gasteiger partial charge is 0.333 e. The third-order valence-electron chi connectivity index (χ3n) is 7.58.